The van der Waals surface area contributed by atoms with Crippen LogP contribution in [0, 0.1) is 6.92 Å². The average molecular weight is 372 g/mol. The van der Waals surface area contributed by atoms with Gasteiger partial charge < -0.3 is 9.84 Å². The first kappa shape index (κ1) is 18.3. The lowest BCUT2D eigenvalue weighted by Crippen LogP contribution is -2.38. The molecule has 0 fully saturated rings. The minimum absolute atomic E-state index is 0.286. The number of carbonyl (C=O) groups is 1. The van der Waals surface area contributed by atoms with Crippen LogP contribution in [0.5, 0.6) is 5.75 Å². The summed E-state index contributed by atoms with van der Waals surface area (Å²) in [5.41, 5.74) is 5.53. The van der Waals surface area contributed by atoms with Crippen molar-refractivity contribution < 1.29 is 14.6 Å². The van der Waals surface area contributed by atoms with Crippen molar-refractivity contribution in [3.05, 3.63) is 89.0 Å². The molecule has 1 N–H and O–H groups in total. The van der Waals surface area contributed by atoms with Crippen LogP contribution in [0.2, 0.25) is 0 Å². The summed E-state index contributed by atoms with van der Waals surface area (Å²) in [7, 11) is 0. The van der Waals surface area contributed by atoms with Crippen molar-refractivity contribution in [3.8, 4) is 16.9 Å². The minimum Gasteiger partial charge on any atom is -0.486 e. The quantitative estimate of drug-likeness (QED) is 0.640. The van der Waals surface area contributed by atoms with Crippen LogP contribution in [0.25, 0.3) is 11.1 Å². The molecule has 0 bridgehead atoms. The van der Waals surface area contributed by atoms with E-state index in [9.17, 15) is 9.90 Å². The van der Waals surface area contributed by atoms with E-state index in [1.807, 2.05) is 18.2 Å². The first-order chi connectivity index (χ1) is 13.4. The number of rotatable bonds is 4. The summed E-state index contributed by atoms with van der Waals surface area (Å²) in [6.45, 7) is 4.28. The largest absolute Gasteiger partial charge is 0.486 e. The van der Waals surface area contributed by atoms with Crippen LogP contribution < -0.4 is 4.74 Å². The highest BCUT2D eigenvalue weighted by atomic mass is 16.5. The molecule has 3 aromatic carbocycles. The van der Waals surface area contributed by atoms with Gasteiger partial charge in [0.25, 0.3) is 0 Å². The van der Waals surface area contributed by atoms with E-state index < -0.39 is 5.97 Å². The molecule has 1 aliphatic heterocycles. The molecule has 0 amide bonds. The Hall–Kier alpha value is -3.07. The maximum atomic E-state index is 11.4. The molecule has 0 saturated carbocycles. The summed E-state index contributed by atoms with van der Waals surface area (Å²) in [6.07, 6.45) is 2.74. The topological polar surface area (TPSA) is 46.5 Å². The number of hydrogen-bond donors (Lipinski definition) is 1. The van der Waals surface area contributed by atoms with Gasteiger partial charge >= 0.3 is 5.97 Å². The van der Waals surface area contributed by atoms with E-state index in [1.54, 1.807) is 18.2 Å². The van der Waals surface area contributed by atoms with Crippen molar-refractivity contribution >= 4 is 5.97 Å². The number of fused-ring (bicyclic) bond motifs is 1. The van der Waals surface area contributed by atoms with Crippen LogP contribution in [-0.4, -0.2) is 16.7 Å². The molecule has 0 radical (unpaired) electrons. The fourth-order valence-corrected chi connectivity index (χ4v) is 4.02. The van der Waals surface area contributed by atoms with E-state index in [-0.39, 0.29) is 11.2 Å². The normalized spacial score (nSPS) is 18.2. The first-order valence-corrected chi connectivity index (χ1v) is 9.64. The molecule has 4 rings (SSSR count). The molecular weight excluding hydrogens is 348 g/mol. The fourth-order valence-electron chi connectivity index (χ4n) is 4.02. The predicted octanol–water partition coefficient (Wildman–Crippen LogP) is 5.69. The number of aryl methyl sites for hydroxylation is 2. The van der Waals surface area contributed by atoms with Crippen LogP contribution in [-0.2, 0) is 12.8 Å². The number of hydrogen-bond acceptors (Lipinski definition) is 2. The summed E-state index contributed by atoms with van der Waals surface area (Å²) in [6, 6.07) is 21.8. The lowest BCUT2D eigenvalue weighted by atomic mass is 9.85. The Morgan fingerprint density at radius 3 is 2.64 bits per heavy atom. The monoisotopic (exact) mass is 372 g/mol. The van der Waals surface area contributed by atoms with E-state index in [0.717, 1.165) is 36.1 Å². The van der Waals surface area contributed by atoms with Crippen LogP contribution in [0.3, 0.4) is 0 Å². The van der Waals surface area contributed by atoms with Crippen LogP contribution in [0.1, 0.15) is 40.4 Å². The molecule has 3 aromatic rings. The third-order valence-corrected chi connectivity index (χ3v) is 5.45. The van der Waals surface area contributed by atoms with Gasteiger partial charge in [-0.3, -0.25) is 0 Å². The lowest BCUT2D eigenvalue weighted by molar-refractivity contribution is 0.0660. The van der Waals surface area contributed by atoms with E-state index in [4.69, 9.17) is 4.74 Å². The molecule has 1 atom stereocenters. The zero-order valence-electron chi connectivity index (χ0n) is 16.2. The van der Waals surface area contributed by atoms with Gasteiger partial charge in [-0.1, -0.05) is 60.2 Å². The molecule has 3 heteroatoms. The second-order valence-corrected chi connectivity index (χ2v) is 7.90. The lowest BCUT2D eigenvalue weighted by Gasteiger charge is -2.37. The van der Waals surface area contributed by atoms with Gasteiger partial charge in [0, 0.05) is 12.0 Å². The van der Waals surface area contributed by atoms with Gasteiger partial charge in [-0.25, -0.2) is 4.79 Å². The van der Waals surface area contributed by atoms with Crippen molar-refractivity contribution in [3.63, 3.8) is 0 Å². The smallest absolute Gasteiger partial charge is 0.335 e. The third kappa shape index (κ3) is 3.65. The summed E-state index contributed by atoms with van der Waals surface area (Å²) < 4.78 is 6.60. The second-order valence-electron chi connectivity index (χ2n) is 7.90. The molecule has 0 spiro atoms. The summed E-state index contributed by atoms with van der Waals surface area (Å²) in [5.74, 6) is -0.0386. The highest BCUT2D eigenvalue weighted by Gasteiger charge is 2.33. The number of ether oxygens (including phenoxy) is 1. The number of para-hydroxylation sites is 1. The second kappa shape index (κ2) is 7.16. The first-order valence-electron chi connectivity index (χ1n) is 9.64. The summed E-state index contributed by atoms with van der Waals surface area (Å²) >= 11 is 0. The highest BCUT2D eigenvalue weighted by Crippen LogP contribution is 2.42. The minimum atomic E-state index is -0.920. The van der Waals surface area contributed by atoms with Crippen molar-refractivity contribution in [1.82, 2.24) is 0 Å². The van der Waals surface area contributed by atoms with Gasteiger partial charge in [0.2, 0.25) is 0 Å². The molecule has 28 heavy (non-hydrogen) atoms. The zero-order valence-corrected chi connectivity index (χ0v) is 16.2. The molecule has 0 aromatic heterocycles. The maximum Gasteiger partial charge on any atom is 0.335 e. The van der Waals surface area contributed by atoms with Gasteiger partial charge in [-0.2, -0.15) is 0 Å². The molecule has 1 aliphatic rings. The Kier molecular flexibility index (Phi) is 4.68. The Bertz CT molecular complexity index is 1040. The molecule has 0 saturated heterocycles. The molecule has 142 valence electrons. The predicted molar refractivity (Wildman–Crippen MR) is 111 cm³/mol. The van der Waals surface area contributed by atoms with Crippen molar-refractivity contribution in [2.75, 3.05) is 0 Å². The van der Waals surface area contributed by atoms with E-state index >= 15 is 0 Å². The molecule has 0 unspecified atom stereocenters. The SMILES string of the molecule is Cc1cccc(C[C@]2(C)CCc3cccc(-c4cccc(C(=O)O)c4)c3O2)c1. The van der Waals surface area contributed by atoms with Crippen LogP contribution >= 0.6 is 0 Å². The van der Waals surface area contributed by atoms with E-state index in [1.165, 1.54) is 16.7 Å². The Balaban J connectivity index is 1.70. The van der Waals surface area contributed by atoms with Crippen LogP contribution in [0.15, 0.2) is 66.7 Å². The van der Waals surface area contributed by atoms with Gasteiger partial charge in [-0.05, 0) is 55.5 Å². The van der Waals surface area contributed by atoms with Crippen molar-refractivity contribution in [1.29, 1.82) is 0 Å². The average Bonchev–Trinajstić information content (AvgIpc) is 2.67. The third-order valence-electron chi connectivity index (χ3n) is 5.45. The summed E-state index contributed by atoms with van der Waals surface area (Å²) in [5, 5.41) is 9.33. The fraction of sp³-hybridized carbons (Fsp3) is 0.240. The van der Waals surface area contributed by atoms with Gasteiger partial charge in [0.1, 0.15) is 11.4 Å². The van der Waals surface area contributed by atoms with Gasteiger partial charge in [0.05, 0.1) is 5.56 Å². The Morgan fingerprint density at radius 2 is 1.86 bits per heavy atom. The summed E-state index contributed by atoms with van der Waals surface area (Å²) in [4.78, 5) is 11.4. The van der Waals surface area contributed by atoms with E-state index in [2.05, 4.69) is 44.2 Å². The van der Waals surface area contributed by atoms with Crippen molar-refractivity contribution in [2.24, 2.45) is 0 Å². The van der Waals surface area contributed by atoms with Gasteiger partial charge in [-0.15, -0.1) is 0 Å². The van der Waals surface area contributed by atoms with Gasteiger partial charge in [0.15, 0.2) is 0 Å². The number of carboxylic acids is 1. The van der Waals surface area contributed by atoms with E-state index in [0.29, 0.717) is 0 Å². The molecule has 3 nitrogen and oxygen atoms in total. The molecular formula is C25H24O3. The maximum absolute atomic E-state index is 11.4. The molecule has 0 aliphatic carbocycles. The Labute approximate surface area is 165 Å². The van der Waals surface area contributed by atoms with Crippen molar-refractivity contribution in [2.45, 2.75) is 38.7 Å². The number of aromatic carboxylic acids is 1. The standard InChI is InChI=1S/C25H24O3/c1-17-6-3-7-18(14-17)16-25(2)13-12-19-8-5-11-22(23(19)28-25)20-9-4-10-21(15-20)24(26)27/h3-11,14-15H,12-13,16H2,1-2H3,(H,26,27)/t25-/m0/s1. The Morgan fingerprint density at radius 1 is 1.07 bits per heavy atom. The highest BCUT2D eigenvalue weighted by molar-refractivity contribution is 5.90. The number of carboxylic acid groups (broad SMARTS) is 1. The number of benzene rings is 3. The molecule has 1 heterocycles. The van der Waals surface area contributed by atoms with Crippen LogP contribution in [0.4, 0.5) is 0 Å². The zero-order chi connectivity index (χ0) is 19.7.